The van der Waals surface area contributed by atoms with Crippen molar-refractivity contribution in [3.8, 4) is 0 Å². The Bertz CT molecular complexity index is 431. The molecule has 1 aromatic heterocycles. The second-order valence-corrected chi connectivity index (χ2v) is 5.69. The molecule has 1 aromatic rings. The lowest BCUT2D eigenvalue weighted by Gasteiger charge is -2.30. The first-order valence-electron chi connectivity index (χ1n) is 7.03. The topological polar surface area (TPSA) is 28.2 Å². The van der Waals surface area contributed by atoms with Gasteiger partial charge in [0, 0.05) is 19.1 Å². The molecule has 19 heavy (non-hydrogen) atoms. The van der Waals surface area contributed by atoms with E-state index in [2.05, 4.69) is 22.1 Å². The van der Waals surface area contributed by atoms with E-state index in [0.29, 0.717) is 16.1 Å². The van der Waals surface area contributed by atoms with Crippen molar-refractivity contribution in [2.75, 3.05) is 23.3 Å². The van der Waals surface area contributed by atoms with Crippen molar-refractivity contribution in [1.82, 2.24) is 4.98 Å². The van der Waals surface area contributed by atoms with Crippen LogP contribution in [0.15, 0.2) is 6.07 Å². The van der Waals surface area contributed by atoms with Crippen LogP contribution in [0, 0.1) is 0 Å². The van der Waals surface area contributed by atoms with Crippen molar-refractivity contribution >= 4 is 34.8 Å². The minimum absolute atomic E-state index is 0.561. The van der Waals surface area contributed by atoms with Gasteiger partial charge in [-0.1, -0.05) is 36.0 Å². The molecule has 0 amide bonds. The summed E-state index contributed by atoms with van der Waals surface area (Å²) in [7, 11) is 0. The summed E-state index contributed by atoms with van der Waals surface area (Å²) in [6, 6.07) is 2.35. The zero-order valence-corrected chi connectivity index (χ0v) is 13.1. The van der Waals surface area contributed by atoms with E-state index in [-0.39, 0.29) is 0 Å². The highest BCUT2D eigenvalue weighted by atomic mass is 35.5. The van der Waals surface area contributed by atoms with Crippen LogP contribution in [0.3, 0.4) is 0 Å². The molecule has 5 heteroatoms. The summed E-state index contributed by atoms with van der Waals surface area (Å²) in [6.07, 6.45) is 5.05. The molecule has 0 radical (unpaired) electrons. The van der Waals surface area contributed by atoms with Crippen molar-refractivity contribution in [3.05, 3.63) is 16.1 Å². The van der Waals surface area contributed by atoms with Crippen LogP contribution in [-0.2, 0) is 0 Å². The van der Waals surface area contributed by atoms with Gasteiger partial charge in [-0.15, -0.1) is 0 Å². The second kappa shape index (κ2) is 6.67. The molecule has 0 atom stereocenters. The van der Waals surface area contributed by atoms with Gasteiger partial charge in [0.15, 0.2) is 0 Å². The number of halogens is 2. The summed E-state index contributed by atoms with van der Waals surface area (Å²) in [5, 5.41) is 4.41. The van der Waals surface area contributed by atoms with Crippen molar-refractivity contribution in [1.29, 1.82) is 0 Å². The molecule has 1 fully saturated rings. The molecule has 1 heterocycles. The van der Waals surface area contributed by atoms with Gasteiger partial charge in [0.2, 0.25) is 0 Å². The standard InChI is InChI=1S/C14H21Cl2N3/c1-3-17-13-11(15)9-12(16)14(18-13)19(4-2)10-7-5-6-8-10/h9-10H,3-8H2,1-2H3,(H,17,18). The Morgan fingerprint density at radius 3 is 2.53 bits per heavy atom. The van der Waals surface area contributed by atoms with Gasteiger partial charge >= 0.3 is 0 Å². The van der Waals surface area contributed by atoms with Crippen LogP contribution in [0.1, 0.15) is 39.5 Å². The molecule has 1 aliphatic rings. The summed E-state index contributed by atoms with van der Waals surface area (Å²) < 4.78 is 0. The number of pyridine rings is 1. The van der Waals surface area contributed by atoms with Crippen LogP contribution in [0.4, 0.5) is 11.6 Å². The van der Waals surface area contributed by atoms with Crippen molar-refractivity contribution < 1.29 is 0 Å². The second-order valence-electron chi connectivity index (χ2n) is 4.88. The monoisotopic (exact) mass is 301 g/mol. The van der Waals surface area contributed by atoms with E-state index in [1.807, 2.05) is 6.92 Å². The lowest BCUT2D eigenvalue weighted by molar-refractivity contribution is 0.613. The van der Waals surface area contributed by atoms with Crippen molar-refractivity contribution in [2.45, 2.75) is 45.6 Å². The van der Waals surface area contributed by atoms with E-state index in [4.69, 9.17) is 23.2 Å². The van der Waals surface area contributed by atoms with E-state index in [0.717, 1.165) is 24.7 Å². The molecule has 0 spiro atoms. The third kappa shape index (κ3) is 3.26. The highest BCUT2D eigenvalue weighted by Gasteiger charge is 2.25. The Morgan fingerprint density at radius 2 is 1.95 bits per heavy atom. The van der Waals surface area contributed by atoms with E-state index in [1.54, 1.807) is 6.07 Å². The summed E-state index contributed by atoms with van der Waals surface area (Å²) in [5.74, 6) is 1.58. The van der Waals surface area contributed by atoms with Crippen LogP contribution >= 0.6 is 23.2 Å². The number of nitrogens with one attached hydrogen (secondary N) is 1. The molecular weight excluding hydrogens is 281 g/mol. The summed E-state index contributed by atoms with van der Waals surface area (Å²) >= 11 is 12.5. The SMILES string of the molecule is CCNc1nc(N(CC)C2CCCC2)c(Cl)cc1Cl. The van der Waals surface area contributed by atoms with E-state index in [1.165, 1.54) is 25.7 Å². The van der Waals surface area contributed by atoms with Crippen LogP contribution in [0.25, 0.3) is 0 Å². The van der Waals surface area contributed by atoms with E-state index in [9.17, 15) is 0 Å². The molecule has 0 aromatic carbocycles. The predicted molar refractivity (Wildman–Crippen MR) is 83.7 cm³/mol. The number of nitrogens with zero attached hydrogens (tertiary/aromatic N) is 2. The molecule has 1 N–H and O–H groups in total. The maximum absolute atomic E-state index is 6.34. The Hall–Kier alpha value is -0.670. The number of hydrogen-bond donors (Lipinski definition) is 1. The zero-order chi connectivity index (χ0) is 13.8. The van der Waals surface area contributed by atoms with Gasteiger partial charge in [0.1, 0.15) is 11.6 Å². The average molecular weight is 302 g/mol. The zero-order valence-electron chi connectivity index (χ0n) is 11.5. The Balaban J connectivity index is 2.32. The van der Waals surface area contributed by atoms with Crippen LogP contribution in [-0.4, -0.2) is 24.1 Å². The van der Waals surface area contributed by atoms with Crippen LogP contribution < -0.4 is 10.2 Å². The molecule has 2 rings (SSSR count). The largest absolute Gasteiger partial charge is 0.369 e. The number of aromatic nitrogens is 1. The molecule has 1 saturated carbocycles. The van der Waals surface area contributed by atoms with Gasteiger partial charge in [-0.3, -0.25) is 0 Å². The van der Waals surface area contributed by atoms with Gasteiger partial charge in [0.05, 0.1) is 10.0 Å². The first kappa shape index (κ1) is 14.7. The Morgan fingerprint density at radius 1 is 1.26 bits per heavy atom. The minimum atomic E-state index is 0.561. The van der Waals surface area contributed by atoms with E-state index >= 15 is 0 Å². The summed E-state index contributed by atoms with van der Waals surface area (Å²) in [5.41, 5.74) is 0. The van der Waals surface area contributed by atoms with Crippen LogP contribution in [0.2, 0.25) is 10.0 Å². The Labute approximate surface area is 125 Å². The van der Waals surface area contributed by atoms with Gasteiger partial charge in [-0.2, -0.15) is 0 Å². The molecule has 0 unspecified atom stereocenters. The lowest BCUT2D eigenvalue weighted by atomic mass is 10.2. The molecule has 3 nitrogen and oxygen atoms in total. The molecule has 0 saturated heterocycles. The number of hydrogen-bond acceptors (Lipinski definition) is 3. The van der Waals surface area contributed by atoms with Crippen molar-refractivity contribution in [3.63, 3.8) is 0 Å². The number of anilines is 2. The number of rotatable bonds is 5. The van der Waals surface area contributed by atoms with Gasteiger partial charge in [-0.25, -0.2) is 4.98 Å². The maximum Gasteiger partial charge on any atom is 0.150 e. The fraction of sp³-hybridized carbons (Fsp3) is 0.643. The van der Waals surface area contributed by atoms with Crippen LogP contribution in [0.5, 0.6) is 0 Å². The van der Waals surface area contributed by atoms with Gasteiger partial charge in [-0.05, 0) is 32.8 Å². The smallest absolute Gasteiger partial charge is 0.150 e. The third-order valence-corrected chi connectivity index (χ3v) is 4.20. The maximum atomic E-state index is 6.34. The first-order chi connectivity index (χ1) is 9.17. The highest BCUT2D eigenvalue weighted by molar-refractivity contribution is 6.37. The minimum Gasteiger partial charge on any atom is -0.369 e. The molecule has 0 bridgehead atoms. The molecule has 0 aliphatic heterocycles. The summed E-state index contributed by atoms with van der Waals surface area (Å²) in [4.78, 5) is 6.94. The van der Waals surface area contributed by atoms with Gasteiger partial charge in [0.25, 0.3) is 0 Å². The lowest BCUT2D eigenvalue weighted by Crippen LogP contribution is -2.34. The Kier molecular flexibility index (Phi) is 5.17. The summed E-state index contributed by atoms with van der Waals surface area (Å²) in [6.45, 7) is 5.90. The fourth-order valence-corrected chi connectivity index (χ4v) is 3.28. The van der Waals surface area contributed by atoms with E-state index < -0.39 is 0 Å². The molecule has 106 valence electrons. The van der Waals surface area contributed by atoms with Crippen molar-refractivity contribution in [2.24, 2.45) is 0 Å². The average Bonchev–Trinajstić information content (AvgIpc) is 2.89. The molecule has 1 aliphatic carbocycles. The predicted octanol–water partition coefficient (Wildman–Crippen LogP) is 4.59. The quantitative estimate of drug-likeness (QED) is 0.862. The third-order valence-electron chi connectivity index (χ3n) is 3.63. The van der Waals surface area contributed by atoms with Gasteiger partial charge < -0.3 is 10.2 Å². The molecular formula is C14H21Cl2N3. The normalized spacial score (nSPS) is 15.8. The fourth-order valence-electron chi connectivity index (χ4n) is 2.75. The first-order valence-corrected chi connectivity index (χ1v) is 7.79. The highest BCUT2D eigenvalue weighted by Crippen LogP contribution is 2.35.